The summed E-state index contributed by atoms with van der Waals surface area (Å²) in [4.78, 5) is 15.4. The summed E-state index contributed by atoms with van der Waals surface area (Å²) in [5.74, 6) is 0.691. The number of rotatable bonds is 5. The molecule has 0 aliphatic carbocycles. The van der Waals surface area contributed by atoms with Gasteiger partial charge in [0.2, 0.25) is 0 Å². The Morgan fingerprint density at radius 2 is 0.780 bits per heavy atom. The fourth-order valence-corrected chi connectivity index (χ4v) is 8.81. The number of aromatic nitrogens is 3. The van der Waals surface area contributed by atoms with E-state index in [1.54, 1.807) is 0 Å². The Morgan fingerprint density at radius 3 is 1.44 bits per heavy atom. The van der Waals surface area contributed by atoms with Gasteiger partial charge >= 0.3 is 0 Å². The van der Waals surface area contributed by atoms with E-state index in [2.05, 4.69) is 152 Å². The molecule has 59 heavy (non-hydrogen) atoms. The molecule has 0 aliphatic rings. The molecule has 0 N–H and O–H groups in total. The van der Waals surface area contributed by atoms with Gasteiger partial charge in [-0.05, 0) is 73.8 Å². The van der Waals surface area contributed by atoms with Gasteiger partial charge in [0, 0.05) is 38.4 Å². The summed E-state index contributed by atoms with van der Waals surface area (Å²) in [6.07, 6.45) is 0. The van der Waals surface area contributed by atoms with Crippen molar-refractivity contribution in [3.05, 3.63) is 200 Å². The molecule has 4 heteroatoms. The number of benzene rings is 9. The van der Waals surface area contributed by atoms with Crippen molar-refractivity contribution < 1.29 is 4.42 Å². The van der Waals surface area contributed by atoms with E-state index in [0.29, 0.717) is 5.82 Å². The van der Waals surface area contributed by atoms with Gasteiger partial charge in [0.05, 0.1) is 16.9 Å². The molecule has 0 bridgehead atoms. The predicted octanol–water partition coefficient (Wildman–Crippen LogP) is 14.7. The van der Waals surface area contributed by atoms with Crippen molar-refractivity contribution in [1.29, 1.82) is 0 Å². The quantitative estimate of drug-likeness (QED) is 0.164. The zero-order chi connectivity index (χ0) is 38.9. The fraction of sp³-hybridized carbons (Fsp3) is 0. The van der Waals surface area contributed by atoms with E-state index < -0.39 is 0 Å². The van der Waals surface area contributed by atoms with Crippen LogP contribution in [-0.4, -0.2) is 15.0 Å². The number of fused-ring (bicyclic) bond motifs is 11. The molecule has 9 aromatic carbocycles. The highest BCUT2D eigenvalue weighted by Crippen LogP contribution is 2.42. The first-order valence-electron chi connectivity index (χ1n) is 19.9. The van der Waals surface area contributed by atoms with E-state index in [0.717, 1.165) is 83.3 Å². The Hall–Kier alpha value is -7.95. The molecule has 0 unspecified atom stereocenters. The van der Waals surface area contributed by atoms with Gasteiger partial charge in [-0.15, -0.1) is 0 Å². The van der Waals surface area contributed by atoms with Gasteiger partial charge in [0.25, 0.3) is 0 Å². The minimum atomic E-state index is 0.691. The molecule has 0 amide bonds. The lowest BCUT2D eigenvalue weighted by atomic mass is 9.91. The molecule has 0 atom stereocenters. The number of furan rings is 1. The monoisotopic (exact) mass is 751 g/mol. The summed E-state index contributed by atoms with van der Waals surface area (Å²) in [7, 11) is 0. The van der Waals surface area contributed by atoms with Crippen LogP contribution in [0.3, 0.4) is 0 Å². The van der Waals surface area contributed by atoms with Gasteiger partial charge in [-0.1, -0.05) is 170 Å². The molecule has 0 saturated carbocycles. The second-order valence-electron chi connectivity index (χ2n) is 15.1. The first kappa shape index (κ1) is 33.2. The minimum absolute atomic E-state index is 0.691. The summed E-state index contributed by atoms with van der Waals surface area (Å²) in [5, 5.41) is 10.8. The number of pyridine rings is 1. The number of nitrogens with zero attached hydrogens (tertiary/aromatic N) is 3. The predicted molar refractivity (Wildman–Crippen MR) is 244 cm³/mol. The maximum absolute atomic E-state index is 6.70. The van der Waals surface area contributed by atoms with Crippen molar-refractivity contribution in [3.63, 3.8) is 0 Å². The average molecular weight is 752 g/mol. The molecular weight excluding hydrogens is 719 g/mol. The highest BCUT2D eigenvalue weighted by Gasteiger charge is 2.19. The van der Waals surface area contributed by atoms with Gasteiger partial charge in [-0.3, -0.25) is 0 Å². The zero-order valence-electron chi connectivity index (χ0n) is 31.8. The van der Waals surface area contributed by atoms with E-state index in [9.17, 15) is 0 Å². The molecule has 0 spiro atoms. The summed E-state index contributed by atoms with van der Waals surface area (Å²) in [6.45, 7) is 0. The van der Waals surface area contributed by atoms with E-state index >= 15 is 0 Å². The molecule has 12 rings (SSSR count). The first-order valence-corrected chi connectivity index (χ1v) is 19.9. The smallest absolute Gasteiger partial charge is 0.162 e. The van der Waals surface area contributed by atoms with Crippen molar-refractivity contribution in [2.75, 3.05) is 0 Å². The zero-order valence-corrected chi connectivity index (χ0v) is 31.8. The Balaban J connectivity index is 0.995. The summed E-state index contributed by atoms with van der Waals surface area (Å²) >= 11 is 0. The van der Waals surface area contributed by atoms with Crippen molar-refractivity contribution in [1.82, 2.24) is 15.0 Å². The van der Waals surface area contributed by atoms with Gasteiger partial charge in [-0.2, -0.15) is 0 Å². The van der Waals surface area contributed by atoms with Crippen LogP contribution in [0.2, 0.25) is 0 Å². The van der Waals surface area contributed by atoms with Crippen LogP contribution in [0.25, 0.3) is 121 Å². The van der Waals surface area contributed by atoms with Crippen LogP contribution in [0.4, 0.5) is 0 Å². The fourth-order valence-electron chi connectivity index (χ4n) is 8.81. The van der Waals surface area contributed by atoms with E-state index in [1.165, 1.54) is 32.3 Å². The molecule has 0 radical (unpaired) electrons. The lowest BCUT2D eigenvalue weighted by molar-refractivity contribution is 0.669. The van der Waals surface area contributed by atoms with Crippen LogP contribution >= 0.6 is 0 Å². The summed E-state index contributed by atoms with van der Waals surface area (Å²) in [5.41, 5.74) is 11.4. The Labute approximate surface area is 339 Å². The number of hydrogen-bond acceptors (Lipinski definition) is 4. The van der Waals surface area contributed by atoms with Crippen LogP contribution in [0.1, 0.15) is 0 Å². The topological polar surface area (TPSA) is 51.8 Å². The number of hydrogen-bond donors (Lipinski definition) is 0. The van der Waals surface area contributed by atoms with Crippen molar-refractivity contribution in [3.8, 4) is 56.3 Å². The van der Waals surface area contributed by atoms with Gasteiger partial charge in [0.1, 0.15) is 11.3 Å². The molecule has 0 aliphatic heterocycles. The standard InChI is InChI=1S/C55H33N3O/c1-3-13-34(14-4-1)49-33-50(58-55(57-49)37-15-5-2-6-16-37)35-23-25-36(26-24-35)53-54-52(45-21-11-12-22-51(45)59-54)47-32-39(28-30-48(47)56-53)38-27-29-44-42-19-8-7-17-40(42)41-18-9-10-20-43(41)46(44)31-38/h1-33H. The third-order valence-corrected chi connectivity index (χ3v) is 11.7. The summed E-state index contributed by atoms with van der Waals surface area (Å²) in [6, 6.07) is 70.3. The van der Waals surface area contributed by atoms with Crippen molar-refractivity contribution >= 4 is 65.2 Å². The Kier molecular flexibility index (Phi) is 7.50. The number of para-hydroxylation sites is 1. The molecule has 3 aromatic heterocycles. The summed E-state index contributed by atoms with van der Waals surface area (Å²) < 4.78 is 6.70. The largest absolute Gasteiger partial charge is 0.454 e. The van der Waals surface area contributed by atoms with Crippen LogP contribution in [0, 0.1) is 0 Å². The van der Waals surface area contributed by atoms with Crippen LogP contribution in [-0.2, 0) is 0 Å². The second-order valence-corrected chi connectivity index (χ2v) is 15.1. The maximum Gasteiger partial charge on any atom is 0.162 e. The van der Waals surface area contributed by atoms with E-state index in [-0.39, 0.29) is 0 Å². The van der Waals surface area contributed by atoms with Crippen LogP contribution in [0.5, 0.6) is 0 Å². The van der Waals surface area contributed by atoms with Crippen molar-refractivity contribution in [2.24, 2.45) is 0 Å². The molecule has 0 fully saturated rings. The lowest BCUT2D eigenvalue weighted by Gasteiger charge is -2.13. The highest BCUT2D eigenvalue weighted by molar-refractivity contribution is 6.26. The van der Waals surface area contributed by atoms with Crippen molar-refractivity contribution in [2.45, 2.75) is 0 Å². The SMILES string of the molecule is c1ccc(-c2cc(-c3ccc(-c4nc5ccc(-c6ccc7c8ccccc8c8ccccc8c7c6)cc5c5c4oc4ccccc45)cc3)nc(-c3ccccc3)n2)cc1. The first-order chi connectivity index (χ1) is 29.2. The van der Waals surface area contributed by atoms with Gasteiger partial charge in [-0.25, -0.2) is 15.0 Å². The van der Waals surface area contributed by atoms with E-state index in [1.807, 2.05) is 48.5 Å². The lowest BCUT2D eigenvalue weighted by Crippen LogP contribution is -1.96. The van der Waals surface area contributed by atoms with Crippen LogP contribution in [0.15, 0.2) is 205 Å². The molecule has 274 valence electrons. The highest BCUT2D eigenvalue weighted by atomic mass is 16.3. The third-order valence-electron chi connectivity index (χ3n) is 11.7. The average Bonchev–Trinajstić information content (AvgIpc) is 3.72. The maximum atomic E-state index is 6.70. The van der Waals surface area contributed by atoms with E-state index in [4.69, 9.17) is 19.4 Å². The third kappa shape index (κ3) is 5.49. The molecule has 12 aromatic rings. The minimum Gasteiger partial charge on any atom is -0.454 e. The normalized spacial score (nSPS) is 11.7. The van der Waals surface area contributed by atoms with Gasteiger partial charge < -0.3 is 4.42 Å². The molecule has 0 saturated heterocycles. The Morgan fingerprint density at radius 1 is 0.305 bits per heavy atom. The molecular formula is C55H33N3O. The van der Waals surface area contributed by atoms with Crippen LogP contribution < -0.4 is 0 Å². The molecule has 3 heterocycles. The Bertz CT molecular complexity index is 3500. The van der Waals surface area contributed by atoms with Gasteiger partial charge in [0.15, 0.2) is 11.4 Å². The molecule has 4 nitrogen and oxygen atoms in total. The second kappa shape index (κ2) is 13.3.